The first-order valence-electron chi connectivity index (χ1n) is 4.28. The van der Waals surface area contributed by atoms with E-state index in [-0.39, 0.29) is 5.91 Å². The van der Waals surface area contributed by atoms with Crippen LogP contribution in [0.15, 0.2) is 4.99 Å². The molecule has 2 heterocycles. The fourth-order valence-electron chi connectivity index (χ4n) is 1.57. The lowest BCUT2D eigenvalue weighted by Gasteiger charge is -2.21. The Hall–Kier alpha value is -0.900. The molecule has 0 aromatic heterocycles. The van der Waals surface area contributed by atoms with Gasteiger partial charge in [-0.2, -0.15) is 0 Å². The lowest BCUT2D eigenvalue weighted by atomic mass is 10.0. The number of carbonyl (C=O) groups is 1. The molecule has 0 bridgehead atoms. The third kappa shape index (κ3) is 1.48. The summed E-state index contributed by atoms with van der Waals surface area (Å²) in [6.07, 6.45) is 2.15. The van der Waals surface area contributed by atoms with Crippen molar-refractivity contribution in [3.05, 3.63) is 0 Å². The van der Waals surface area contributed by atoms with Crippen molar-refractivity contribution in [2.75, 3.05) is 19.8 Å². The fourth-order valence-corrected chi connectivity index (χ4v) is 1.57. The van der Waals surface area contributed by atoms with Gasteiger partial charge < -0.3 is 10.1 Å². The van der Waals surface area contributed by atoms with Gasteiger partial charge in [0, 0.05) is 12.5 Å². The molecular formula is C8H12N2O2. The molecule has 0 radical (unpaired) electrons. The summed E-state index contributed by atoms with van der Waals surface area (Å²) >= 11 is 0. The minimum absolute atomic E-state index is 0.00979. The molecule has 0 saturated carbocycles. The Kier molecular flexibility index (Phi) is 2.08. The van der Waals surface area contributed by atoms with E-state index in [0.717, 1.165) is 25.3 Å². The summed E-state index contributed by atoms with van der Waals surface area (Å²) in [6, 6.07) is 0. The zero-order valence-corrected chi connectivity index (χ0v) is 6.88. The summed E-state index contributed by atoms with van der Waals surface area (Å²) in [5.74, 6) is 1.17. The van der Waals surface area contributed by atoms with E-state index in [1.54, 1.807) is 0 Å². The summed E-state index contributed by atoms with van der Waals surface area (Å²) < 4.78 is 5.30. The normalized spacial score (nSPS) is 29.8. The highest BCUT2D eigenvalue weighted by Gasteiger charge is 2.24. The van der Waals surface area contributed by atoms with Crippen LogP contribution in [0, 0.1) is 5.92 Å². The molecule has 1 N–H and O–H groups in total. The molecule has 4 nitrogen and oxygen atoms in total. The molecule has 2 rings (SSSR count). The van der Waals surface area contributed by atoms with Gasteiger partial charge in [0.1, 0.15) is 12.4 Å². The van der Waals surface area contributed by atoms with E-state index < -0.39 is 0 Å². The van der Waals surface area contributed by atoms with Crippen LogP contribution in [-0.2, 0) is 9.53 Å². The van der Waals surface area contributed by atoms with Gasteiger partial charge in [0.15, 0.2) is 0 Å². The first-order valence-corrected chi connectivity index (χ1v) is 4.28. The average molecular weight is 168 g/mol. The van der Waals surface area contributed by atoms with Crippen molar-refractivity contribution < 1.29 is 9.53 Å². The maximum Gasteiger partial charge on any atom is 0.247 e. The van der Waals surface area contributed by atoms with E-state index in [2.05, 4.69) is 10.3 Å². The maximum absolute atomic E-state index is 10.8. The van der Waals surface area contributed by atoms with Gasteiger partial charge in [0.25, 0.3) is 0 Å². The average Bonchev–Trinajstić information content (AvgIpc) is 2.54. The molecule has 2 aliphatic rings. The Labute approximate surface area is 71.0 Å². The number of nitrogens with one attached hydrogen (secondary N) is 1. The van der Waals surface area contributed by atoms with Crippen molar-refractivity contribution in [3.8, 4) is 0 Å². The molecule has 1 unspecified atom stereocenters. The van der Waals surface area contributed by atoms with Crippen molar-refractivity contribution >= 4 is 11.7 Å². The van der Waals surface area contributed by atoms with Gasteiger partial charge in [0.2, 0.25) is 5.91 Å². The SMILES string of the molecule is O=C1CN=C(C2CCCOC2)N1. The minimum Gasteiger partial charge on any atom is -0.381 e. The molecule has 0 spiro atoms. The zero-order chi connectivity index (χ0) is 8.39. The molecule has 1 fully saturated rings. The predicted octanol–water partition coefficient (Wildman–Crippen LogP) is -0.0587. The molecule has 2 aliphatic heterocycles. The van der Waals surface area contributed by atoms with Gasteiger partial charge in [-0.3, -0.25) is 9.79 Å². The molecule has 1 amide bonds. The van der Waals surface area contributed by atoms with Gasteiger partial charge in [-0.25, -0.2) is 0 Å². The van der Waals surface area contributed by atoms with Crippen LogP contribution in [0.4, 0.5) is 0 Å². The van der Waals surface area contributed by atoms with Crippen LogP contribution in [0.3, 0.4) is 0 Å². The highest BCUT2D eigenvalue weighted by molar-refractivity contribution is 6.05. The third-order valence-electron chi connectivity index (χ3n) is 2.21. The van der Waals surface area contributed by atoms with Crippen molar-refractivity contribution in [3.63, 3.8) is 0 Å². The molecule has 0 aromatic carbocycles. The number of carbonyl (C=O) groups excluding carboxylic acids is 1. The molecule has 0 aliphatic carbocycles. The highest BCUT2D eigenvalue weighted by atomic mass is 16.5. The van der Waals surface area contributed by atoms with Gasteiger partial charge in [-0.05, 0) is 12.8 Å². The summed E-state index contributed by atoms with van der Waals surface area (Å²) in [5, 5.41) is 2.75. The Morgan fingerprint density at radius 2 is 2.50 bits per heavy atom. The number of aliphatic imine (C=N–C) groups is 1. The molecule has 1 saturated heterocycles. The summed E-state index contributed by atoms with van der Waals surface area (Å²) in [7, 11) is 0. The number of hydrogen-bond acceptors (Lipinski definition) is 3. The van der Waals surface area contributed by atoms with Crippen LogP contribution in [0.2, 0.25) is 0 Å². The zero-order valence-electron chi connectivity index (χ0n) is 6.88. The standard InChI is InChI=1S/C8H12N2O2/c11-7-4-9-8(10-7)6-2-1-3-12-5-6/h6H,1-5H2,(H,9,10,11). The quantitative estimate of drug-likeness (QED) is 0.596. The highest BCUT2D eigenvalue weighted by Crippen LogP contribution is 2.15. The second-order valence-corrected chi connectivity index (χ2v) is 3.16. The smallest absolute Gasteiger partial charge is 0.247 e. The Morgan fingerprint density at radius 3 is 3.08 bits per heavy atom. The number of amides is 1. The van der Waals surface area contributed by atoms with Crippen LogP contribution in [0.5, 0.6) is 0 Å². The lowest BCUT2D eigenvalue weighted by Crippen LogP contribution is -2.35. The van der Waals surface area contributed by atoms with Gasteiger partial charge >= 0.3 is 0 Å². The third-order valence-corrected chi connectivity index (χ3v) is 2.21. The molecular weight excluding hydrogens is 156 g/mol. The van der Waals surface area contributed by atoms with Crippen LogP contribution in [0.25, 0.3) is 0 Å². The van der Waals surface area contributed by atoms with Crippen LogP contribution in [0.1, 0.15) is 12.8 Å². The van der Waals surface area contributed by atoms with E-state index in [0.29, 0.717) is 19.1 Å². The lowest BCUT2D eigenvalue weighted by molar-refractivity contribution is -0.117. The molecule has 66 valence electrons. The first-order chi connectivity index (χ1) is 5.86. The maximum atomic E-state index is 10.8. The van der Waals surface area contributed by atoms with Crippen LogP contribution >= 0.6 is 0 Å². The Balaban J connectivity index is 1.95. The number of nitrogens with zero attached hydrogens (tertiary/aromatic N) is 1. The number of rotatable bonds is 1. The predicted molar refractivity (Wildman–Crippen MR) is 44.0 cm³/mol. The van der Waals surface area contributed by atoms with Crippen molar-refractivity contribution in [1.82, 2.24) is 5.32 Å². The van der Waals surface area contributed by atoms with Crippen LogP contribution < -0.4 is 5.32 Å². The van der Waals surface area contributed by atoms with E-state index in [9.17, 15) is 4.79 Å². The summed E-state index contributed by atoms with van der Waals surface area (Å²) in [4.78, 5) is 14.9. The summed E-state index contributed by atoms with van der Waals surface area (Å²) in [5.41, 5.74) is 0. The molecule has 4 heteroatoms. The number of amidine groups is 1. The fraction of sp³-hybridized carbons (Fsp3) is 0.750. The molecule has 1 atom stereocenters. The summed E-state index contributed by atoms with van der Waals surface area (Å²) in [6.45, 7) is 1.85. The van der Waals surface area contributed by atoms with Crippen molar-refractivity contribution in [1.29, 1.82) is 0 Å². The van der Waals surface area contributed by atoms with E-state index in [4.69, 9.17) is 4.74 Å². The number of hydrogen-bond donors (Lipinski definition) is 1. The minimum atomic E-state index is 0.00979. The monoisotopic (exact) mass is 168 g/mol. The van der Waals surface area contributed by atoms with Gasteiger partial charge in [-0.15, -0.1) is 0 Å². The Bertz CT molecular complexity index is 219. The van der Waals surface area contributed by atoms with Crippen molar-refractivity contribution in [2.24, 2.45) is 10.9 Å². The van der Waals surface area contributed by atoms with E-state index in [1.807, 2.05) is 0 Å². The van der Waals surface area contributed by atoms with E-state index in [1.165, 1.54) is 0 Å². The van der Waals surface area contributed by atoms with Gasteiger partial charge in [-0.1, -0.05) is 0 Å². The van der Waals surface area contributed by atoms with Crippen molar-refractivity contribution in [2.45, 2.75) is 12.8 Å². The molecule has 0 aromatic rings. The number of ether oxygens (including phenoxy) is 1. The van der Waals surface area contributed by atoms with E-state index >= 15 is 0 Å². The second-order valence-electron chi connectivity index (χ2n) is 3.16. The largest absolute Gasteiger partial charge is 0.381 e. The second kappa shape index (κ2) is 3.23. The first kappa shape index (κ1) is 7.73. The van der Waals surface area contributed by atoms with Crippen LogP contribution in [-0.4, -0.2) is 31.5 Å². The van der Waals surface area contributed by atoms with Gasteiger partial charge in [0.05, 0.1) is 6.61 Å². The molecule has 12 heavy (non-hydrogen) atoms. The Morgan fingerprint density at radius 1 is 1.58 bits per heavy atom. The topological polar surface area (TPSA) is 50.7 Å².